The largest absolute Gasteiger partial charge is 0.500 e. The van der Waals surface area contributed by atoms with E-state index in [1.54, 1.807) is 0 Å². The molecule has 0 aliphatic rings. The van der Waals surface area contributed by atoms with E-state index in [0.717, 1.165) is 18.9 Å². The Bertz CT molecular complexity index is 179. The maximum absolute atomic E-state index is 5.81. The Hall–Kier alpha value is 0.0169. The summed E-state index contributed by atoms with van der Waals surface area (Å²) in [5.74, 6) is 0.434. The molecule has 0 heterocycles. The van der Waals surface area contributed by atoms with Gasteiger partial charge in [-0.3, -0.25) is 0 Å². The molecule has 0 saturated carbocycles. The summed E-state index contributed by atoms with van der Waals surface area (Å²) in [6.45, 7) is 9.11. The predicted octanol–water partition coefficient (Wildman–Crippen LogP) is 1.35. The molecule has 0 amide bonds. The van der Waals surface area contributed by atoms with Crippen LogP contribution in [0.5, 0.6) is 0 Å². The molecule has 0 aliphatic carbocycles. The molecule has 0 fully saturated rings. The van der Waals surface area contributed by atoms with Crippen molar-refractivity contribution in [1.82, 2.24) is 0 Å². The molecule has 18 heavy (non-hydrogen) atoms. The first-order valence-corrected chi connectivity index (χ1v) is 8.93. The third-order valence-electron chi connectivity index (χ3n) is 2.86. The first kappa shape index (κ1) is 18.0. The van der Waals surface area contributed by atoms with Gasteiger partial charge in [0.1, 0.15) is 0 Å². The Morgan fingerprint density at radius 1 is 0.889 bits per heavy atom. The van der Waals surface area contributed by atoms with E-state index in [-0.39, 0.29) is 0 Å². The molecule has 0 aromatic carbocycles. The first-order valence-electron chi connectivity index (χ1n) is 6.99. The fourth-order valence-corrected chi connectivity index (χ4v) is 4.76. The number of hydrogen-bond donors (Lipinski definition) is 2. The van der Waals surface area contributed by atoms with Gasteiger partial charge in [0.25, 0.3) is 0 Å². The number of hydrogen-bond acceptors (Lipinski definition) is 5. The second kappa shape index (κ2) is 10.9. The van der Waals surface area contributed by atoms with Crippen LogP contribution in [0.15, 0.2) is 0 Å². The molecule has 0 radical (unpaired) electrons. The summed E-state index contributed by atoms with van der Waals surface area (Å²) in [5.41, 5.74) is 11.3. The molecule has 0 aromatic heterocycles. The van der Waals surface area contributed by atoms with E-state index in [2.05, 4.69) is 0 Å². The Kier molecular flexibility index (Phi) is 10.9. The second-order valence-corrected chi connectivity index (χ2v) is 6.93. The van der Waals surface area contributed by atoms with Crippen LogP contribution < -0.4 is 11.5 Å². The normalized spacial score (nSPS) is 13.8. The van der Waals surface area contributed by atoms with E-state index >= 15 is 0 Å². The summed E-state index contributed by atoms with van der Waals surface area (Å²) in [4.78, 5) is 0. The number of nitrogens with two attached hydrogens (primary N) is 2. The topological polar surface area (TPSA) is 79.7 Å². The Morgan fingerprint density at radius 2 is 1.39 bits per heavy atom. The fourth-order valence-electron chi connectivity index (χ4n) is 2.00. The van der Waals surface area contributed by atoms with E-state index in [1.807, 2.05) is 20.8 Å². The maximum atomic E-state index is 5.81. The van der Waals surface area contributed by atoms with Crippen LogP contribution in [-0.4, -0.2) is 41.7 Å². The first-order chi connectivity index (χ1) is 8.67. The minimum absolute atomic E-state index is 0.434. The lowest BCUT2D eigenvalue weighted by atomic mass is 10.0. The van der Waals surface area contributed by atoms with Gasteiger partial charge in [0, 0.05) is 25.9 Å². The lowest BCUT2D eigenvalue weighted by Gasteiger charge is -2.29. The Balaban J connectivity index is 4.43. The lowest BCUT2D eigenvalue weighted by molar-refractivity contribution is 0.0696. The molecule has 4 N–H and O–H groups in total. The molecule has 0 aromatic rings. The predicted molar refractivity (Wildman–Crippen MR) is 76.3 cm³/mol. The summed E-state index contributed by atoms with van der Waals surface area (Å²) < 4.78 is 17.4. The van der Waals surface area contributed by atoms with E-state index < -0.39 is 8.80 Å². The van der Waals surface area contributed by atoms with Crippen LogP contribution >= 0.6 is 0 Å². The van der Waals surface area contributed by atoms with Gasteiger partial charge in [-0.15, -0.1) is 0 Å². The maximum Gasteiger partial charge on any atom is 0.500 e. The molecule has 0 spiro atoms. The van der Waals surface area contributed by atoms with E-state index in [0.29, 0.717) is 38.8 Å². The monoisotopic (exact) mass is 278 g/mol. The summed E-state index contributed by atoms with van der Waals surface area (Å²) in [7, 11) is -2.50. The quantitative estimate of drug-likeness (QED) is 0.527. The average Bonchev–Trinajstić information content (AvgIpc) is 2.35. The van der Waals surface area contributed by atoms with Crippen molar-refractivity contribution in [3.63, 3.8) is 0 Å². The number of rotatable bonds is 12. The van der Waals surface area contributed by atoms with E-state index in [9.17, 15) is 0 Å². The Labute approximate surface area is 113 Å². The molecule has 1 unspecified atom stereocenters. The van der Waals surface area contributed by atoms with Gasteiger partial charge in [0.2, 0.25) is 0 Å². The summed E-state index contributed by atoms with van der Waals surface area (Å²) in [5, 5.41) is 0. The SMILES string of the molecule is CCO[Si](CCC(CN)CCN)(OCC)OCC. The van der Waals surface area contributed by atoms with Crippen molar-refractivity contribution in [2.24, 2.45) is 17.4 Å². The van der Waals surface area contributed by atoms with Crippen molar-refractivity contribution in [3.8, 4) is 0 Å². The molecular weight excluding hydrogens is 248 g/mol. The third-order valence-corrected chi connectivity index (χ3v) is 5.95. The summed E-state index contributed by atoms with van der Waals surface area (Å²) in [6, 6.07) is 0.824. The molecule has 1 atom stereocenters. The van der Waals surface area contributed by atoms with Crippen LogP contribution in [0.1, 0.15) is 33.6 Å². The minimum atomic E-state index is -2.50. The van der Waals surface area contributed by atoms with Crippen molar-refractivity contribution in [2.75, 3.05) is 32.9 Å². The molecule has 0 saturated heterocycles. The standard InChI is InChI=1S/C12H30N2O3Si/c1-4-15-18(16-5-2,17-6-3)10-8-12(11-14)7-9-13/h12H,4-11,13-14H2,1-3H3. The minimum Gasteiger partial charge on any atom is -0.374 e. The highest BCUT2D eigenvalue weighted by Crippen LogP contribution is 2.22. The smallest absolute Gasteiger partial charge is 0.374 e. The van der Waals surface area contributed by atoms with Gasteiger partial charge in [-0.05, 0) is 52.6 Å². The molecule has 0 aliphatic heterocycles. The molecule has 6 heteroatoms. The van der Waals surface area contributed by atoms with Gasteiger partial charge in [-0.2, -0.15) is 0 Å². The van der Waals surface area contributed by atoms with Crippen LogP contribution in [0.25, 0.3) is 0 Å². The van der Waals surface area contributed by atoms with Crippen LogP contribution in [0.3, 0.4) is 0 Å². The molecular formula is C12H30N2O3Si. The average molecular weight is 278 g/mol. The second-order valence-electron chi connectivity index (χ2n) is 4.20. The molecule has 0 bridgehead atoms. The van der Waals surface area contributed by atoms with Crippen LogP contribution in [0, 0.1) is 5.92 Å². The van der Waals surface area contributed by atoms with Crippen molar-refractivity contribution >= 4 is 8.80 Å². The van der Waals surface area contributed by atoms with E-state index in [1.165, 1.54) is 0 Å². The van der Waals surface area contributed by atoms with Gasteiger partial charge < -0.3 is 24.7 Å². The van der Waals surface area contributed by atoms with Crippen LogP contribution in [0.4, 0.5) is 0 Å². The lowest BCUT2D eigenvalue weighted by Crippen LogP contribution is -2.46. The highest BCUT2D eigenvalue weighted by molar-refractivity contribution is 6.60. The highest BCUT2D eigenvalue weighted by Gasteiger charge is 2.40. The van der Waals surface area contributed by atoms with Crippen molar-refractivity contribution in [3.05, 3.63) is 0 Å². The zero-order valence-corrected chi connectivity index (χ0v) is 13.1. The fraction of sp³-hybridized carbons (Fsp3) is 1.00. The van der Waals surface area contributed by atoms with Crippen LogP contribution in [0.2, 0.25) is 6.04 Å². The summed E-state index contributed by atoms with van der Waals surface area (Å²) in [6.07, 6.45) is 1.91. The molecule has 5 nitrogen and oxygen atoms in total. The van der Waals surface area contributed by atoms with Gasteiger partial charge in [0.05, 0.1) is 0 Å². The van der Waals surface area contributed by atoms with Crippen molar-refractivity contribution < 1.29 is 13.3 Å². The van der Waals surface area contributed by atoms with Crippen LogP contribution in [-0.2, 0) is 13.3 Å². The highest BCUT2D eigenvalue weighted by atomic mass is 28.4. The molecule has 110 valence electrons. The van der Waals surface area contributed by atoms with Crippen molar-refractivity contribution in [2.45, 2.75) is 39.7 Å². The summed E-state index contributed by atoms with van der Waals surface area (Å²) >= 11 is 0. The van der Waals surface area contributed by atoms with Gasteiger partial charge in [0.15, 0.2) is 0 Å². The van der Waals surface area contributed by atoms with E-state index in [4.69, 9.17) is 24.7 Å². The van der Waals surface area contributed by atoms with Crippen molar-refractivity contribution in [1.29, 1.82) is 0 Å². The van der Waals surface area contributed by atoms with Gasteiger partial charge in [-0.25, -0.2) is 0 Å². The zero-order valence-electron chi connectivity index (χ0n) is 12.1. The Morgan fingerprint density at radius 3 is 1.72 bits per heavy atom. The molecule has 0 rings (SSSR count). The zero-order chi connectivity index (χ0) is 13.9. The van der Waals surface area contributed by atoms with Gasteiger partial charge >= 0.3 is 8.80 Å². The third kappa shape index (κ3) is 6.82. The van der Waals surface area contributed by atoms with Gasteiger partial charge in [-0.1, -0.05) is 0 Å².